The van der Waals surface area contributed by atoms with Gasteiger partial charge in [-0.25, -0.2) is 4.98 Å². The SMILES string of the molecule is Cc1ccccc1CN(C)C(=O)CSc1nc2ccsc2c(=O)n1C. The Labute approximate surface area is 154 Å². The van der Waals surface area contributed by atoms with E-state index in [1.54, 1.807) is 19.0 Å². The average Bonchev–Trinajstić information content (AvgIpc) is 3.07. The number of amides is 1. The molecule has 0 aliphatic rings. The van der Waals surface area contributed by atoms with Crippen LogP contribution in [0, 0.1) is 6.92 Å². The van der Waals surface area contributed by atoms with E-state index in [4.69, 9.17) is 0 Å². The Balaban J connectivity index is 1.69. The molecule has 0 aliphatic heterocycles. The zero-order chi connectivity index (χ0) is 18.0. The van der Waals surface area contributed by atoms with E-state index in [1.165, 1.54) is 33.2 Å². The Bertz CT molecular complexity index is 978. The monoisotopic (exact) mass is 373 g/mol. The van der Waals surface area contributed by atoms with Gasteiger partial charge in [-0.2, -0.15) is 0 Å². The third-order valence-electron chi connectivity index (χ3n) is 4.07. The van der Waals surface area contributed by atoms with E-state index in [9.17, 15) is 9.59 Å². The van der Waals surface area contributed by atoms with Crippen LogP contribution >= 0.6 is 23.1 Å². The van der Waals surface area contributed by atoms with E-state index in [1.807, 2.05) is 42.6 Å². The summed E-state index contributed by atoms with van der Waals surface area (Å²) in [5, 5.41) is 2.42. The van der Waals surface area contributed by atoms with E-state index in [2.05, 4.69) is 4.98 Å². The standard InChI is InChI=1S/C18H19N3O2S2/c1-12-6-4-5-7-13(12)10-20(2)15(22)11-25-18-19-14-8-9-24-16(14)17(23)21(18)3/h4-9H,10-11H2,1-3H3. The zero-order valence-corrected chi connectivity index (χ0v) is 16.0. The van der Waals surface area contributed by atoms with Crippen LogP contribution in [-0.4, -0.2) is 33.2 Å². The van der Waals surface area contributed by atoms with Crippen molar-refractivity contribution in [1.82, 2.24) is 14.5 Å². The molecule has 7 heteroatoms. The summed E-state index contributed by atoms with van der Waals surface area (Å²) in [4.78, 5) is 30.9. The van der Waals surface area contributed by atoms with Crippen molar-refractivity contribution in [2.24, 2.45) is 7.05 Å². The first-order valence-corrected chi connectivity index (χ1v) is 9.69. The van der Waals surface area contributed by atoms with Crippen LogP contribution in [0.2, 0.25) is 0 Å². The van der Waals surface area contributed by atoms with Crippen molar-refractivity contribution in [3.05, 3.63) is 57.2 Å². The third kappa shape index (κ3) is 3.77. The predicted molar refractivity (Wildman–Crippen MR) is 103 cm³/mol. The lowest BCUT2D eigenvalue weighted by Crippen LogP contribution is -2.28. The molecule has 0 saturated heterocycles. The third-order valence-corrected chi connectivity index (χ3v) is 5.97. The smallest absolute Gasteiger partial charge is 0.271 e. The van der Waals surface area contributed by atoms with Gasteiger partial charge in [0.2, 0.25) is 5.91 Å². The molecular weight excluding hydrogens is 354 g/mol. The number of thioether (sulfide) groups is 1. The number of carbonyl (C=O) groups excluding carboxylic acids is 1. The number of thiophene rings is 1. The van der Waals surface area contributed by atoms with Crippen LogP contribution in [0.3, 0.4) is 0 Å². The van der Waals surface area contributed by atoms with Crippen molar-refractivity contribution in [1.29, 1.82) is 0 Å². The number of hydrogen-bond acceptors (Lipinski definition) is 5. The maximum Gasteiger partial charge on any atom is 0.271 e. The van der Waals surface area contributed by atoms with Gasteiger partial charge in [0.05, 0.1) is 11.3 Å². The normalized spacial score (nSPS) is 11.0. The Kier molecular flexibility index (Phi) is 5.24. The lowest BCUT2D eigenvalue weighted by atomic mass is 10.1. The number of fused-ring (bicyclic) bond motifs is 1. The van der Waals surface area contributed by atoms with Crippen LogP contribution in [0.4, 0.5) is 0 Å². The first kappa shape index (κ1) is 17.7. The average molecular weight is 374 g/mol. The van der Waals surface area contributed by atoms with E-state index in [0.29, 0.717) is 21.9 Å². The molecule has 0 aliphatic carbocycles. The number of carbonyl (C=O) groups is 1. The molecule has 2 aromatic heterocycles. The fourth-order valence-electron chi connectivity index (χ4n) is 2.46. The molecule has 0 unspecified atom stereocenters. The molecule has 5 nitrogen and oxygen atoms in total. The maximum absolute atomic E-state index is 12.4. The van der Waals surface area contributed by atoms with Gasteiger partial charge in [0.15, 0.2) is 5.16 Å². The number of benzene rings is 1. The first-order chi connectivity index (χ1) is 12.0. The van der Waals surface area contributed by atoms with Crippen LogP contribution in [0.15, 0.2) is 45.7 Å². The van der Waals surface area contributed by atoms with Gasteiger partial charge < -0.3 is 4.90 Å². The molecule has 3 rings (SSSR count). The minimum absolute atomic E-state index is 0.00733. The van der Waals surface area contributed by atoms with Gasteiger partial charge in [-0.05, 0) is 29.5 Å². The highest BCUT2D eigenvalue weighted by Gasteiger charge is 2.14. The highest BCUT2D eigenvalue weighted by atomic mass is 32.2. The summed E-state index contributed by atoms with van der Waals surface area (Å²) < 4.78 is 2.16. The number of rotatable bonds is 5. The topological polar surface area (TPSA) is 55.2 Å². The molecule has 0 N–H and O–H groups in total. The molecule has 0 bridgehead atoms. The number of hydrogen-bond donors (Lipinski definition) is 0. The van der Waals surface area contributed by atoms with E-state index in [-0.39, 0.29) is 17.2 Å². The van der Waals surface area contributed by atoms with E-state index >= 15 is 0 Å². The van der Waals surface area contributed by atoms with Crippen LogP contribution in [0.25, 0.3) is 10.2 Å². The van der Waals surface area contributed by atoms with Crippen LogP contribution in [0.1, 0.15) is 11.1 Å². The zero-order valence-electron chi connectivity index (χ0n) is 14.4. The minimum Gasteiger partial charge on any atom is -0.341 e. The second-order valence-electron chi connectivity index (χ2n) is 5.86. The number of nitrogens with zero attached hydrogens (tertiary/aromatic N) is 3. The summed E-state index contributed by atoms with van der Waals surface area (Å²) in [7, 11) is 3.49. The second kappa shape index (κ2) is 7.41. The second-order valence-corrected chi connectivity index (χ2v) is 7.72. The summed E-state index contributed by atoms with van der Waals surface area (Å²) in [6, 6.07) is 9.87. The Morgan fingerprint density at radius 3 is 2.84 bits per heavy atom. The van der Waals surface area contributed by atoms with Gasteiger partial charge in [0.25, 0.3) is 5.56 Å². The molecule has 0 fully saturated rings. The fraction of sp³-hybridized carbons (Fsp3) is 0.278. The van der Waals surface area contributed by atoms with Gasteiger partial charge in [-0.3, -0.25) is 14.2 Å². The van der Waals surface area contributed by atoms with Crippen LogP contribution in [-0.2, 0) is 18.4 Å². The molecule has 3 aromatic rings. The van der Waals surface area contributed by atoms with Crippen molar-refractivity contribution in [2.45, 2.75) is 18.6 Å². The molecule has 0 radical (unpaired) electrons. The van der Waals surface area contributed by atoms with Crippen molar-refractivity contribution in [3.8, 4) is 0 Å². The highest BCUT2D eigenvalue weighted by molar-refractivity contribution is 7.99. The summed E-state index contributed by atoms with van der Waals surface area (Å²) in [5.74, 6) is 0.256. The van der Waals surface area contributed by atoms with Crippen molar-refractivity contribution in [2.75, 3.05) is 12.8 Å². The molecule has 1 aromatic carbocycles. The lowest BCUT2D eigenvalue weighted by Gasteiger charge is -2.18. The Morgan fingerprint density at radius 1 is 1.32 bits per heavy atom. The van der Waals surface area contributed by atoms with E-state index in [0.717, 1.165) is 5.56 Å². The molecule has 25 heavy (non-hydrogen) atoms. The Hall–Kier alpha value is -2.12. The minimum atomic E-state index is -0.0665. The van der Waals surface area contributed by atoms with Gasteiger partial charge in [0.1, 0.15) is 4.70 Å². The van der Waals surface area contributed by atoms with Gasteiger partial charge in [-0.1, -0.05) is 36.0 Å². The van der Waals surface area contributed by atoms with Crippen molar-refractivity contribution < 1.29 is 4.79 Å². The molecule has 0 atom stereocenters. The lowest BCUT2D eigenvalue weighted by molar-refractivity contribution is -0.127. The van der Waals surface area contributed by atoms with Crippen LogP contribution in [0.5, 0.6) is 0 Å². The molecule has 130 valence electrons. The maximum atomic E-state index is 12.4. The molecule has 2 heterocycles. The fourth-order valence-corrected chi connectivity index (χ4v) is 4.18. The number of aromatic nitrogens is 2. The summed E-state index contributed by atoms with van der Waals surface area (Å²) in [6.07, 6.45) is 0. The van der Waals surface area contributed by atoms with Crippen molar-refractivity contribution in [3.63, 3.8) is 0 Å². The van der Waals surface area contributed by atoms with E-state index < -0.39 is 0 Å². The molecule has 0 saturated carbocycles. The molecular formula is C18H19N3O2S2. The largest absolute Gasteiger partial charge is 0.341 e. The summed E-state index contributed by atoms with van der Waals surface area (Å²) in [6.45, 7) is 2.61. The quantitative estimate of drug-likeness (QED) is 0.509. The van der Waals surface area contributed by atoms with Gasteiger partial charge in [0, 0.05) is 20.6 Å². The van der Waals surface area contributed by atoms with Gasteiger partial charge in [-0.15, -0.1) is 11.3 Å². The Morgan fingerprint density at radius 2 is 2.08 bits per heavy atom. The van der Waals surface area contributed by atoms with Crippen LogP contribution < -0.4 is 5.56 Å². The highest BCUT2D eigenvalue weighted by Crippen LogP contribution is 2.20. The van der Waals surface area contributed by atoms with Gasteiger partial charge >= 0.3 is 0 Å². The first-order valence-electron chi connectivity index (χ1n) is 7.83. The summed E-state index contributed by atoms with van der Waals surface area (Å²) in [5.41, 5.74) is 2.93. The summed E-state index contributed by atoms with van der Waals surface area (Å²) >= 11 is 2.68. The van der Waals surface area contributed by atoms with Crippen molar-refractivity contribution >= 4 is 39.2 Å². The number of aryl methyl sites for hydroxylation is 1. The molecule has 1 amide bonds. The predicted octanol–water partition coefficient (Wildman–Crippen LogP) is 3.05. The molecule has 0 spiro atoms.